The van der Waals surface area contributed by atoms with Crippen molar-refractivity contribution < 1.29 is 9.13 Å². The first-order valence-corrected chi connectivity index (χ1v) is 6.48. The summed E-state index contributed by atoms with van der Waals surface area (Å²) in [6.45, 7) is 0.844. The van der Waals surface area contributed by atoms with E-state index in [1.807, 2.05) is 31.3 Å². The number of rotatable bonds is 2. The van der Waals surface area contributed by atoms with Crippen molar-refractivity contribution in [3.63, 3.8) is 0 Å². The highest BCUT2D eigenvalue weighted by Gasteiger charge is 2.24. The van der Waals surface area contributed by atoms with Crippen LogP contribution in [-0.4, -0.2) is 13.6 Å². The van der Waals surface area contributed by atoms with E-state index in [0.717, 1.165) is 29.8 Å². The van der Waals surface area contributed by atoms with Gasteiger partial charge in [0.1, 0.15) is 5.75 Å². The highest BCUT2D eigenvalue weighted by atomic mass is 19.1. The second kappa shape index (κ2) is 5.02. The minimum absolute atomic E-state index is 0.294. The topological polar surface area (TPSA) is 21.3 Å². The van der Waals surface area contributed by atoms with Crippen molar-refractivity contribution in [2.24, 2.45) is 0 Å². The third-order valence-corrected chi connectivity index (χ3v) is 3.54. The van der Waals surface area contributed by atoms with E-state index in [1.54, 1.807) is 6.07 Å². The lowest BCUT2D eigenvalue weighted by Crippen LogP contribution is -2.18. The number of benzene rings is 2. The summed E-state index contributed by atoms with van der Waals surface area (Å²) in [6, 6.07) is 13.0. The van der Waals surface area contributed by atoms with Crippen molar-refractivity contribution in [3.05, 3.63) is 59.4 Å². The van der Waals surface area contributed by atoms with Gasteiger partial charge in [-0.1, -0.05) is 30.3 Å². The Morgan fingerprint density at radius 2 is 2.05 bits per heavy atom. The molecule has 0 saturated carbocycles. The average Bonchev–Trinajstić information content (AvgIpc) is 2.58. The molecule has 3 rings (SSSR count). The molecule has 98 valence electrons. The number of hydrogen-bond acceptors (Lipinski definition) is 2. The molecule has 1 atom stereocenters. The van der Waals surface area contributed by atoms with E-state index in [1.165, 1.54) is 6.07 Å². The number of para-hydroxylation sites is 2. The van der Waals surface area contributed by atoms with Gasteiger partial charge >= 0.3 is 0 Å². The molecule has 0 radical (unpaired) electrons. The summed E-state index contributed by atoms with van der Waals surface area (Å²) in [6.07, 6.45) is 0.783. The molecule has 1 unspecified atom stereocenters. The number of likely N-dealkylation sites (N-methyl/N-ethyl adjacent to an activating group) is 1. The zero-order valence-electron chi connectivity index (χ0n) is 10.8. The van der Waals surface area contributed by atoms with Crippen LogP contribution in [0.5, 0.6) is 11.5 Å². The molecule has 1 aliphatic rings. The Morgan fingerprint density at radius 3 is 2.89 bits per heavy atom. The smallest absolute Gasteiger partial charge is 0.166 e. The molecule has 2 aromatic carbocycles. The molecular weight excluding hydrogens is 241 g/mol. The van der Waals surface area contributed by atoms with E-state index >= 15 is 0 Å². The van der Waals surface area contributed by atoms with Crippen LogP contribution in [-0.2, 0) is 6.42 Å². The maximum atomic E-state index is 13.9. The molecule has 0 saturated heterocycles. The first kappa shape index (κ1) is 12.2. The lowest BCUT2D eigenvalue weighted by Gasteiger charge is -2.15. The van der Waals surface area contributed by atoms with Gasteiger partial charge in [-0.15, -0.1) is 0 Å². The molecule has 2 nitrogen and oxygen atoms in total. The van der Waals surface area contributed by atoms with Crippen LogP contribution < -0.4 is 10.1 Å². The van der Waals surface area contributed by atoms with Gasteiger partial charge in [-0.2, -0.15) is 0 Å². The molecule has 19 heavy (non-hydrogen) atoms. The normalized spacial score (nSPS) is 17.1. The molecule has 2 aromatic rings. The molecular formula is C16H16FNO. The van der Waals surface area contributed by atoms with E-state index in [-0.39, 0.29) is 5.82 Å². The first-order valence-electron chi connectivity index (χ1n) is 6.48. The van der Waals surface area contributed by atoms with Gasteiger partial charge < -0.3 is 10.1 Å². The summed E-state index contributed by atoms with van der Waals surface area (Å²) >= 11 is 0. The van der Waals surface area contributed by atoms with Crippen molar-refractivity contribution >= 4 is 0 Å². The van der Waals surface area contributed by atoms with E-state index in [0.29, 0.717) is 11.7 Å². The maximum absolute atomic E-state index is 13.9. The molecule has 1 aliphatic heterocycles. The van der Waals surface area contributed by atoms with Crippen molar-refractivity contribution in [3.8, 4) is 11.5 Å². The van der Waals surface area contributed by atoms with Crippen LogP contribution in [0, 0.1) is 5.82 Å². The minimum atomic E-state index is -0.294. The Hall–Kier alpha value is -1.87. The Balaban J connectivity index is 2.12. The minimum Gasteiger partial charge on any atom is -0.454 e. The molecule has 0 spiro atoms. The summed E-state index contributed by atoms with van der Waals surface area (Å²) in [4.78, 5) is 0. The molecule has 0 aliphatic carbocycles. The second-order valence-electron chi connectivity index (χ2n) is 4.83. The van der Waals surface area contributed by atoms with Crippen molar-refractivity contribution in [1.29, 1.82) is 0 Å². The summed E-state index contributed by atoms with van der Waals surface area (Å²) in [5.74, 6) is 1.13. The predicted octanol–water partition coefficient (Wildman–Crippen LogP) is 3.48. The van der Waals surface area contributed by atoms with Gasteiger partial charge in [0.25, 0.3) is 0 Å². The highest BCUT2D eigenvalue weighted by Crippen LogP contribution is 2.40. The highest BCUT2D eigenvalue weighted by molar-refractivity contribution is 5.47. The number of fused-ring (bicyclic) bond motifs is 2. The van der Waals surface area contributed by atoms with Gasteiger partial charge in [-0.25, -0.2) is 4.39 Å². The molecule has 0 bridgehead atoms. The molecule has 0 aromatic heterocycles. The standard InChI is InChI=1S/C16H16FNO/c1-18-10-12-9-11-5-4-7-14(17)16(11)19-15-8-3-2-6-13(12)15/h2-8,12,18H,9-10H2,1H3. The van der Waals surface area contributed by atoms with Crippen molar-refractivity contribution in [1.82, 2.24) is 5.32 Å². The van der Waals surface area contributed by atoms with Crippen LogP contribution >= 0.6 is 0 Å². The maximum Gasteiger partial charge on any atom is 0.166 e. The fraction of sp³-hybridized carbons (Fsp3) is 0.250. The van der Waals surface area contributed by atoms with Crippen LogP contribution in [0.3, 0.4) is 0 Å². The first-order chi connectivity index (χ1) is 9.29. The number of nitrogens with one attached hydrogen (secondary N) is 1. The van der Waals surface area contributed by atoms with E-state index in [2.05, 4.69) is 11.4 Å². The number of ether oxygens (including phenoxy) is 1. The zero-order valence-corrected chi connectivity index (χ0v) is 10.8. The SMILES string of the molecule is CNCC1Cc2cccc(F)c2Oc2ccccc21. The summed E-state index contributed by atoms with van der Waals surface area (Å²) in [5, 5.41) is 3.20. The summed E-state index contributed by atoms with van der Waals surface area (Å²) in [7, 11) is 1.93. The Kier molecular flexibility index (Phi) is 3.22. The fourth-order valence-electron chi connectivity index (χ4n) is 2.65. The second-order valence-corrected chi connectivity index (χ2v) is 4.83. The zero-order chi connectivity index (χ0) is 13.2. The molecule has 0 fully saturated rings. The Morgan fingerprint density at radius 1 is 1.21 bits per heavy atom. The number of hydrogen-bond donors (Lipinski definition) is 1. The average molecular weight is 257 g/mol. The van der Waals surface area contributed by atoms with Gasteiger partial charge in [-0.05, 0) is 36.7 Å². The third-order valence-electron chi connectivity index (χ3n) is 3.54. The van der Waals surface area contributed by atoms with Crippen LogP contribution in [0.2, 0.25) is 0 Å². The van der Waals surface area contributed by atoms with E-state index < -0.39 is 0 Å². The van der Waals surface area contributed by atoms with Crippen LogP contribution in [0.1, 0.15) is 17.0 Å². The largest absolute Gasteiger partial charge is 0.454 e. The predicted molar refractivity (Wildman–Crippen MR) is 73.3 cm³/mol. The van der Waals surface area contributed by atoms with Crippen LogP contribution in [0.25, 0.3) is 0 Å². The molecule has 1 heterocycles. The monoisotopic (exact) mass is 257 g/mol. The lowest BCUT2D eigenvalue weighted by molar-refractivity contribution is 0.438. The van der Waals surface area contributed by atoms with E-state index in [4.69, 9.17) is 4.74 Å². The third kappa shape index (κ3) is 2.22. The van der Waals surface area contributed by atoms with Gasteiger partial charge in [0.05, 0.1) is 0 Å². The lowest BCUT2D eigenvalue weighted by atomic mass is 9.92. The van der Waals surface area contributed by atoms with Gasteiger partial charge in [-0.3, -0.25) is 0 Å². The Labute approximate surface area is 112 Å². The Bertz CT molecular complexity index is 597. The van der Waals surface area contributed by atoms with Gasteiger partial charge in [0.15, 0.2) is 11.6 Å². The summed E-state index contributed by atoms with van der Waals surface area (Å²) in [5.41, 5.74) is 2.06. The number of halogens is 1. The molecule has 3 heteroatoms. The quantitative estimate of drug-likeness (QED) is 0.889. The molecule has 1 N–H and O–H groups in total. The van der Waals surface area contributed by atoms with Crippen molar-refractivity contribution in [2.75, 3.05) is 13.6 Å². The van der Waals surface area contributed by atoms with Crippen molar-refractivity contribution in [2.45, 2.75) is 12.3 Å². The molecule has 0 amide bonds. The van der Waals surface area contributed by atoms with Crippen LogP contribution in [0.15, 0.2) is 42.5 Å². The van der Waals surface area contributed by atoms with Gasteiger partial charge in [0.2, 0.25) is 0 Å². The fourth-order valence-corrected chi connectivity index (χ4v) is 2.65. The van der Waals surface area contributed by atoms with Crippen LogP contribution in [0.4, 0.5) is 4.39 Å². The van der Waals surface area contributed by atoms with E-state index in [9.17, 15) is 4.39 Å². The summed E-state index contributed by atoms with van der Waals surface area (Å²) < 4.78 is 19.7. The van der Waals surface area contributed by atoms with Gasteiger partial charge in [0, 0.05) is 12.5 Å².